The maximum Gasteiger partial charge on any atom is 0.343 e. The van der Waals surface area contributed by atoms with Gasteiger partial charge in [0, 0.05) is 25.7 Å². The fourth-order valence-electron chi connectivity index (χ4n) is 9.30. The van der Waals surface area contributed by atoms with E-state index in [0.717, 1.165) is 25.7 Å². The molecular formula is C27H40O8. The first-order valence-corrected chi connectivity index (χ1v) is 13.1. The minimum Gasteiger partial charge on any atom is -0.458 e. The Morgan fingerprint density at radius 1 is 0.971 bits per heavy atom. The van der Waals surface area contributed by atoms with Crippen LogP contribution in [0.2, 0.25) is 0 Å². The molecular weight excluding hydrogens is 452 g/mol. The maximum atomic E-state index is 13.6. The summed E-state index contributed by atoms with van der Waals surface area (Å²) in [6.07, 6.45) is 2.50. The van der Waals surface area contributed by atoms with Crippen LogP contribution in [0.3, 0.4) is 0 Å². The Bertz CT molecular complexity index is 941. The zero-order valence-electron chi connectivity index (χ0n) is 22.0. The number of cyclic esters (lactones) is 1. The summed E-state index contributed by atoms with van der Waals surface area (Å²) >= 11 is 0. The number of hydrogen-bond donors (Lipinski definition) is 1. The molecule has 0 radical (unpaired) electrons. The van der Waals surface area contributed by atoms with Crippen LogP contribution in [0, 0.1) is 40.4 Å². The molecule has 35 heavy (non-hydrogen) atoms. The molecule has 0 aromatic carbocycles. The molecule has 3 aliphatic carbocycles. The van der Waals surface area contributed by atoms with Crippen molar-refractivity contribution in [2.45, 2.75) is 110 Å². The van der Waals surface area contributed by atoms with Gasteiger partial charge in [-0.1, -0.05) is 27.2 Å². The Morgan fingerprint density at radius 2 is 1.63 bits per heavy atom. The van der Waals surface area contributed by atoms with Gasteiger partial charge in [-0.25, -0.2) is 4.79 Å². The second kappa shape index (κ2) is 7.67. The van der Waals surface area contributed by atoms with E-state index in [1.165, 1.54) is 20.3 Å². The first kappa shape index (κ1) is 25.0. The third-order valence-corrected chi connectivity index (χ3v) is 10.4. The van der Waals surface area contributed by atoms with Crippen molar-refractivity contribution in [1.82, 2.24) is 0 Å². The molecule has 1 N–H and O–H groups in total. The van der Waals surface area contributed by atoms with Crippen LogP contribution in [0.1, 0.15) is 80.6 Å². The van der Waals surface area contributed by atoms with Crippen molar-refractivity contribution in [1.29, 1.82) is 0 Å². The lowest BCUT2D eigenvalue weighted by Crippen LogP contribution is -2.61. The molecule has 5 rings (SSSR count). The van der Waals surface area contributed by atoms with Gasteiger partial charge in [0.25, 0.3) is 0 Å². The van der Waals surface area contributed by atoms with Gasteiger partial charge >= 0.3 is 17.9 Å². The molecule has 196 valence electrons. The summed E-state index contributed by atoms with van der Waals surface area (Å²) < 4.78 is 23.4. The third kappa shape index (κ3) is 3.34. The quantitative estimate of drug-likeness (QED) is 0.472. The van der Waals surface area contributed by atoms with Gasteiger partial charge in [0.15, 0.2) is 0 Å². The van der Waals surface area contributed by atoms with Gasteiger partial charge in [0.1, 0.15) is 17.8 Å². The SMILES string of the molecule is CC(=O)O[C@@H]1O[C@@H]2C3C1[C@](O)(C(=O)OC2(C)C)[C@@H](OC(C)=O)[C@@H]3[C@H]1CC[C@H]2C(C)(C)CCC[C@]12C. The molecule has 0 spiro atoms. The summed E-state index contributed by atoms with van der Waals surface area (Å²) in [6.45, 7) is 13.2. The van der Waals surface area contributed by atoms with E-state index in [9.17, 15) is 19.5 Å². The van der Waals surface area contributed by atoms with Crippen LogP contribution in [-0.2, 0) is 33.3 Å². The van der Waals surface area contributed by atoms with E-state index in [1.807, 2.05) is 0 Å². The smallest absolute Gasteiger partial charge is 0.343 e. The lowest BCUT2D eigenvalue weighted by atomic mass is 9.53. The fourth-order valence-corrected chi connectivity index (χ4v) is 9.30. The minimum absolute atomic E-state index is 0.0298. The summed E-state index contributed by atoms with van der Waals surface area (Å²) in [6, 6.07) is 0. The van der Waals surface area contributed by atoms with Crippen molar-refractivity contribution in [3.05, 3.63) is 0 Å². The summed E-state index contributed by atoms with van der Waals surface area (Å²) in [7, 11) is 0. The van der Waals surface area contributed by atoms with Gasteiger partial charge in [-0.2, -0.15) is 0 Å². The lowest BCUT2D eigenvalue weighted by molar-refractivity contribution is -0.255. The predicted octanol–water partition coefficient (Wildman–Crippen LogP) is 3.38. The van der Waals surface area contributed by atoms with Crippen LogP contribution in [0.25, 0.3) is 0 Å². The zero-order chi connectivity index (χ0) is 25.7. The first-order valence-electron chi connectivity index (χ1n) is 13.1. The standard InChI is InChI=1S/C27H40O8/c1-13(28)32-21-17(15-9-10-16-24(3,4)11-8-12-26(15,16)7)18-19-22(33-14(2)29)34-20(18)25(5,6)35-23(30)27(19,21)31/h15-22,31H,8-12H2,1-7H3/t15-,16+,17-,18?,19?,20-,21+,22-,26-,27-/m1/s1. The van der Waals surface area contributed by atoms with Gasteiger partial charge in [0.2, 0.25) is 11.9 Å². The predicted molar refractivity (Wildman–Crippen MR) is 124 cm³/mol. The van der Waals surface area contributed by atoms with Gasteiger partial charge in [-0.15, -0.1) is 0 Å². The van der Waals surface area contributed by atoms with Gasteiger partial charge < -0.3 is 24.1 Å². The van der Waals surface area contributed by atoms with Crippen LogP contribution >= 0.6 is 0 Å². The van der Waals surface area contributed by atoms with E-state index in [2.05, 4.69) is 20.8 Å². The van der Waals surface area contributed by atoms with Gasteiger partial charge in [-0.05, 0) is 62.2 Å². The lowest BCUT2D eigenvalue weighted by Gasteiger charge is -2.52. The monoisotopic (exact) mass is 492 g/mol. The molecule has 10 atom stereocenters. The average molecular weight is 493 g/mol. The Morgan fingerprint density at radius 3 is 2.26 bits per heavy atom. The maximum absolute atomic E-state index is 13.6. The molecule has 4 bridgehead atoms. The Hall–Kier alpha value is -1.67. The largest absolute Gasteiger partial charge is 0.458 e. The number of aliphatic hydroxyl groups is 1. The van der Waals surface area contributed by atoms with Crippen molar-refractivity contribution < 1.29 is 38.4 Å². The topological polar surface area (TPSA) is 108 Å². The summed E-state index contributed by atoms with van der Waals surface area (Å²) in [5.74, 6) is -2.92. The van der Waals surface area contributed by atoms with E-state index in [4.69, 9.17) is 18.9 Å². The van der Waals surface area contributed by atoms with E-state index in [-0.39, 0.29) is 28.6 Å². The Kier molecular flexibility index (Phi) is 5.48. The van der Waals surface area contributed by atoms with Gasteiger partial charge in [-0.3, -0.25) is 9.59 Å². The number of fused-ring (bicyclic) bond motifs is 1. The fraction of sp³-hybridized carbons (Fsp3) is 0.889. The highest BCUT2D eigenvalue weighted by Gasteiger charge is 2.80. The van der Waals surface area contributed by atoms with Crippen molar-refractivity contribution in [3.8, 4) is 0 Å². The number of carbonyl (C=O) groups excluding carboxylic acids is 3. The Labute approximate surface area is 207 Å². The molecule has 0 aromatic rings. The highest BCUT2D eigenvalue weighted by Crippen LogP contribution is 2.69. The molecule has 8 nitrogen and oxygen atoms in total. The van der Waals surface area contributed by atoms with Crippen molar-refractivity contribution in [2.24, 2.45) is 40.4 Å². The van der Waals surface area contributed by atoms with Crippen molar-refractivity contribution in [3.63, 3.8) is 0 Å². The summed E-state index contributed by atoms with van der Waals surface area (Å²) in [4.78, 5) is 37.9. The van der Waals surface area contributed by atoms with E-state index in [1.54, 1.807) is 13.8 Å². The molecule has 2 unspecified atom stereocenters. The first-order chi connectivity index (χ1) is 16.1. The van der Waals surface area contributed by atoms with Crippen LogP contribution in [0.5, 0.6) is 0 Å². The molecule has 0 aromatic heterocycles. The molecule has 8 heteroatoms. The van der Waals surface area contributed by atoms with E-state index < -0.39 is 53.5 Å². The van der Waals surface area contributed by atoms with E-state index in [0.29, 0.717) is 5.92 Å². The Balaban J connectivity index is 1.67. The molecule has 5 aliphatic rings. The molecule has 2 aliphatic heterocycles. The van der Waals surface area contributed by atoms with Crippen molar-refractivity contribution >= 4 is 17.9 Å². The third-order valence-electron chi connectivity index (χ3n) is 10.4. The second-order valence-corrected chi connectivity index (χ2v) is 13.1. The number of esters is 3. The highest BCUT2D eigenvalue weighted by molar-refractivity contribution is 5.84. The van der Waals surface area contributed by atoms with Crippen LogP contribution < -0.4 is 0 Å². The molecule has 2 saturated heterocycles. The molecule has 5 fully saturated rings. The number of hydrogen-bond acceptors (Lipinski definition) is 8. The van der Waals surface area contributed by atoms with E-state index >= 15 is 0 Å². The molecule has 2 heterocycles. The average Bonchev–Trinajstić information content (AvgIpc) is 3.31. The number of ether oxygens (including phenoxy) is 4. The zero-order valence-corrected chi connectivity index (χ0v) is 22.0. The normalized spacial score (nSPS) is 49.1. The number of rotatable bonds is 3. The minimum atomic E-state index is -2.16. The number of carbonyl (C=O) groups is 3. The van der Waals surface area contributed by atoms with Crippen LogP contribution in [0.15, 0.2) is 0 Å². The summed E-state index contributed by atoms with van der Waals surface area (Å²) in [5.41, 5.74) is -3.06. The highest BCUT2D eigenvalue weighted by atomic mass is 16.7. The van der Waals surface area contributed by atoms with Crippen molar-refractivity contribution in [2.75, 3.05) is 0 Å². The second-order valence-electron chi connectivity index (χ2n) is 13.1. The van der Waals surface area contributed by atoms with Gasteiger partial charge in [0.05, 0.1) is 5.92 Å². The summed E-state index contributed by atoms with van der Waals surface area (Å²) in [5, 5.41) is 12.2. The molecule has 0 amide bonds. The molecule has 3 saturated carbocycles. The van der Waals surface area contributed by atoms with Crippen LogP contribution in [-0.4, -0.2) is 52.7 Å². The van der Waals surface area contributed by atoms with Crippen LogP contribution in [0.4, 0.5) is 0 Å².